The summed E-state index contributed by atoms with van der Waals surface area (Å²) in [6, 6.07) is 38.1. The molecule has 202 valence electrons. The maximum absolute atomic E-state index is 5.08. The first-order valence-corrected chi connectivity index (χ1v) is 14.1. The number of anilines is 2. The summed E-state index contributed by atoms with van der Waals surface area (Å²) in [5.74, 6) is 0.813. The second-order valence-electron chi connectivity index (χ2n) is 11.1. The third kappa shape index (κ3) is 4.03. The molecule has 0 saturated heterocycles. The van der Waals surface area contributed by atoms with E-state index in [4.69, 9.17) is 4.98 Å². The van der Waals surface area contributed by atoms with E-state index in [0.29, 0.717) is 0 Å². The monoisotopic (exact) mass is 542 g/mol. The number of pyridine rings is 2. The highest BCUT2D eigenvalue weighted by atomic mass is 15.2. The van der Waals surface area contributed by atoms with Crippen molar-refractivity contribution in [3.63, 3.8) is 0 Å². The predicted molar refractivity (Wildman–Crippen MR) is 176 cm³/mol. The summed E-state index contributed by atoms with van der Waals surface area (Å²) in [5.41, 5.74) is 10.2. The van der Waals surface area contributed by atoms with Crippen LogP contribution in [0.1, 0.15) is 19.4 Å². The van der Waals surface area contributed by atoms with Crippen LogP contribution in [0, 0.1) is 0 Å². The topological polar surface area (TPSA) is 41.4 Å². The van der Waals surface area contributed by atoms with E-state index in [0.717, 1.165) is 67.0 Å². The second kappa shape index (κ2) is 9.93. The smallest absolute Gasteiger partial charge is 0.140 e. The van der Waals surface area contributed by atoms with E-state index >= 15 is 0 Å². The van der Waals surface area contributed by atoms with Gasteiger partial charge in [-0.05, 0) is 65.9 Å². The van der Waals surface area contributed by atoms with Crippen LogP contribution in [0.3, 0.4) is 0 Å². The normalized spacial score (nSPS) is 14.2. The first-order valence-electron chi connectivity index (χ1n) is 14.1. The largest absolute Gasteiger partial charge is 0.295 e. The van der Waals surface area contributed by atoms with E-state index in [9.17, 15) is 0 Å². The molecular weight excluding hydrogens is 512 g/mol. The number of hydrogen-bond donors (Lipinski definition) is 0. The molecule has 0 saturated carbocycles. The van der Waals surface area contributed by atoms with Crippen LogP contribution in [0.25, 0.3) is 44.2 Å². The molecule has 1 aliphatic heterocycles. The summed E-state index contributed by atoms with van der Waals surface area (Å²) in [6.07, 6.45) is 3.74. The van der Waals surface area contributed by atoms with Gasteiger partial charge < -0.3 is 0 Å². The quantitative estimate of drug-likeness (QED) is 0.161. The minimum Gasteiger partial charge on any atom is -0.295 e. The molecule has 0 fully saturated rings. The maximum Gasteiger partial charge on any atom is 0.140 e. The minimum absolute atomic E-state index is 0.319. The summed E-state index contributed by atoms with van der Waals surface area (Å²) < 4.78 is 0. The fourth-order valence-electron chi connectivity index (χ4n) is 6.15. The number of rotatable bonds is 5. The Labute approximate surface area is 246 Å². The van der Waals surface area contributed by atoms with Crippen molar-refractivity contribution >= 4 is 39.9 Å². The van der Waals surface area contributed by atoms with Crippen molar-refractivity contribution in [2.45, 2.75) is 19.3 Å². The van der Waals surface area contributed by atoms with Crippen molar-refractivity contribution in [1.82, 2.24) is 9.97 Å². The fraction of sp³-hybridized carbons (Fsp3) is 0.0789. The summed E-state index contributed by atoms with van der Waals surface area (Å²) >= 11 is 0. The van der Waals surface area contributed by atoms with E-state index < -0.39 is 0 Å². The molecular formula is C38H30N4. The lowest BCUT2D eigenvalue weighted by Gasteiger charge is -2.41. The first-order chi connectivity index (χ1) is 20.5. The second-order valence-corrected chi connectivity index (χ2v) is 11.1. The van der Waals surface area contributed by atoms with Gasteiger partial charge in [0.25, 0.3) is 0 Å². The molecule has 4 nitrogen and oxygen atoms in total. The van der Waals surface area contributed by atoms with E-state index in [2.05, 4.69) is 127 Å². The van der Waals surface area contributed by atoms with Crippen LogP contribution in [0.2, 0.25) is 0 Å². The zero-order valence-electron chi connectivity index (χ0n) is 23.8. The Balaban J connectivity index is 1.35. The number of aliphatic imine (C=N–C) groups is 1. The number of hydrogen-bond acceptors (Lipinski definition) is 4. The van der Waals surface area contributed by atoms with Crippen molar-refractivity contribution in [3.8, 4) is 22.4 Å². The average molecular weight is 543 g/mol. The summed E-state index contributed by atoms with van der Waals surface area (Å²) in [4.78, 5) is 16.4. The molecule has 0 aliphatic carbocycles. The standard InChI is InChI=1S/C38H30N4/c1-5-31-37(39-4)42(30-14-7-6-8-15-30)34-21-19-28(24-32(34)38(31,2)3)27-11-9-12-29(23-27)33-20-18-26-17-16-25-13-10-22-40-35(25)36(26)41-33/h5-24H,1,4H2,2-3H3. The first kappa shape index (κ1) is 25.6. The third-order valence-electron chi connectivity index (χ3n) is 8.33. The third-order valence-corrected chi connectivity index (χ3v) is 8.33. The SMILES string of the molecule is C=CC1=C(N=C)N(c2ccccc2)c2ccc(-c3cccc(-c4ccc5ccc6cccnc6c5n4)c3)cc2C1(C)C. The molecule has 4 aromatic carbocycles. The number of nitrogens with zero attached hydrogens (tertiary/aromatic N) is 4. The van der Waals surface area contributed by atoms with Crippen LogP contribution in [0.5, 0.6) is 0 Å². The highest BCUT2D eigenvalue weighted by Gasteiger charge is 2.38. The van der Waals surface area contributed by atoms with E-state index in [1.165, 1.54) is 5.56 Å². The van der Waals surface area contributed by atoms with Crippen LogP contribution in [0.4, 0.5) is 11.4 Å². The molecule has 0 unspecified atom stereocenters. The maximum atomic E-state index is 5.08. The average Bonchev–Trinajstić information content (AvgIpc) is 3.04. The van der Waals surface area contributed by atoms with Gasteiger partial charge in [-0.15, -0.1) is 0 Å². The predicted octanol–water partition coefficient (Wildman–Crippen LogP) is 9.64. The van der Waals surface area contributed by atoms with Crippen LogP contribution < -0.4 is 4.90 Å². The molecule has 1 aliphatic rings. The number of aromatic nitrogens is 2. The molecule has 0 radical (unpaired) electrons. The Hall–Kier alpha value is -5.35. The van der Waals surface area contributed by atoms with Crippen molar-refractivity contribution in [2.75, 3.05) is 4.90 Å². The lowest BCUT2D eigenvalue weighted by molar-refractivity contribution is 0.616. The van der Waals surface area contributed by atoms with Gasteiger partial charge in [0.05, 0.1) is 22.4 Å². The van der Waals surface area contributed by atoms with Crippen molar-refractivity contribution < 1.29 is 0 Å². The van der Waals surface area contributed by atoms with Crippen molar-refractivity contribution in [2.24, 2.45) is 4.99 Å². The van der Waals surface area contributed by atoms with Gasteiger partial charge in [0.2, 0.25) is 0 Å². The number of benzene rings is 4. The molecule has 7 rings (SSSR count). The van der Waals surface area contributed by atoms with E-state index in [1.54, 1.807) is 0 Å². The van der Waals surface area contributed by atoms with Gasteiger partial charge in [-0.1, -0.05) is 93.2 Å². The van der Waals surface area contributed by atoms with E-state index in [-0.39, 0.29) is 5.41 Å². The fourth-order valence-corrected chi connectivity index (χ4v) is 6.15. The van der Waals surface area contributed by atoms with Crippen molar-refractivity contribution in [3.05, 3.63) is 145 Å². The Morgan fingerprint density at radius 2 is 1.48 bits per heavy atom. The Morgan fingerprint density at radius 1 is 0.738 bits per heavy atom. The van der Waals surface area contributed by atoms with Gasteiger partial charge in [0.1, 0.15) is 5.82 Å². The summed E-state index contributed by atoms with van der Waals surface area (Å²) in [7, 11) is 0. The lowest BCUT2D eigenvalue weighted by atomic mass is 9.73. The highest BCUT2D eigenvalue weighted by molar-refractivity contribution is 6.03. The van der Waals surface area contributed by atoms with Gasteiger partial charge in [-0.2, -0.15) is 0 Å². The molecule has 0 N–H and O–H groups in total. The van der Waals surface area contributed by atoms with Gasteiger partial charge in [0, 0.05) is 39.2 Å². The molecule has 3 heterocycles. The molecule has 0 amide bonds. The zero-order chi connectivity index (χ0) is 28.8. The Kier molecular flexibility index (Phi) is 6.05. The number of para-hydroxylation sites is 1. The van der Waals surface area contributed by atoms with Crippen molar-refractivity contribution in [1.29, 1.82) is 0 Å². The lowest BCUT2D eigenvalue weighted by Crippen LogP contribution is -2.33. The molecule has 4 heteroatoms. The summed E-state index contributed by atoms with van der Waals surface area (Å²) in [6.45, 7) is 12.6. The molecule has 2 aromatic heterocycles. The molecule has 6 aromatic rings. The van der Waals surface area contributed by atoms with Gasteiger partial charge >= 0.3 is 0 Å². The highest BCUT2D eigenvalue weighted by Crippen LogP contribution is 2.49. The number of fused-ring (bicyclic) bond motifs is 4. The van der Waals surface area contributed by atoms with Gasteiger partial charge in [-0.25, -0.2) is 9.98 Å². The summed E-state index contributed by atoms with van der Waals surface area (Å²) in [5, 5.41) is 2.17. The van der Waals surface area contributed by atoms with Crippen LogP contribution >= 0.6 is 0 Å². The molecule has 42 heavy (non-hydrogen) atoms. The van der Waals surface area contributed by atoms with Crippen LogP contribution in [-0.4, -0.2) is 16.7 Å². The van der Waals surface area contributed by atoms with Crippen LogP contribution in [0.15, 0.2) is 144 Å². The van der Waals surface area contributed by atoms with E-state index in [1.807, 2.05) is 36.5 Å². The molecule has 0 spiro atoms. The van der Waals surface area contributed by atoms with Gasteiger partial charge in [-0.3, -0.25) is 9.88 Å². The molecule has 0 bridgehead atoms. The van der Waals surface area contributed by atoms with Crippen LogP contribution in [-0.2, 0) is 5.41 Å². The Bertz CT molecular complexity index is 2050. The van der Waals surface area contributed by atoms with Gasteiger partial charge in [0.15, 0.2) is 0 Å². The minimum atomic E-state index is -0.319. The Morgan fingerprint density at radius 3 is 2.26 bits per heavy atom. The number of allylic oxidation sites excluding steroid dienone is 2. The zero-order valence-corrected chi connectivity index (χ0v) is 23.8. The molecule has 0 atom stereocenters.